The van der Waals surface area contributed by atoms with Crippen molar-refractivity contribution in [2.45, 2.75) is 33.2 Å². The summed E-state index contributed by atoms with van der Waals surface area (Å²) in [5.41, 5.74) is 0.873. The lowest BCUT2D eigenvalue weighted by Crippen LogP contribution is -2.30. The lowest BCUT2D eigenvalue weighted by molar-refractivity contribution is -0.145. The largest absolute Gasteiger partial charge is 0.494 e. The lowest BCUT2D eigenvalue weighted by Gasteiger charge is -2.18. The molecular formula is C15H23NO3. The zero-order valence-corrected chi connectivity index (χ0v) is 11.9. The molecule has 4 nitrogen and oxygen atoms in total. The molecule has 0 aliphatic rings. The number of hydrogen-bond acceptors (Lipinski definition) is 4. The molecule has 0 heterocycles. The molecule has 19 heavy (non-hydrogen) atoms. The fourth-order valence-electron chi connectivity index (χ4n) is 1.80. The van der Waals surface area contributed by atoms with Crippen molar-refractivity contribution >= 4 is 5.97 Å². The highest BCUT2D eigenvalue weighted by Crippen LogP contribution is 2.20. The number of carbonyl (C=O) groups excluding carboxylic acids is 1. The van der Waals surface area contributed by atoms with E-state index in [0.29, 0.717) is 13.2 Å². The highest BCUT2D eigenvalue weighted by Gasteiger charge is 2.21. The monoisotopic (exact) mass is 265 g/mol. The van der Waals surface area contributed by atoms with Gasteiger partial charge in [-0.15, -0.1) is 0 Å². The topological polar surface area (TPSA) is 47.6 Å². The summed E-state index contributed by atoms with van der Waals surface area (Å²) in [6.07, 6.45) is 0.959. The molecule has 0 aliphatic heterocycles. The molecular weight excluding hydrogens is 242 g/mol. The van der Waals surface area contributed by atoms with E-state index < -0.39 is 6.04 Å². The van der Waals surface area contributed by atoms with Gasteiger partial charge in [-0.1, -0.05) is 19.1 Å². The Balaban J connectivity index is 2.88. The van der Waals surface area contributed by atoms with Crippen LogP contribution in [0, 0.1) is 0 Å². The minimum atomic E-state index is -0.430. The summed E-state index contributed by atoms with van der Waals surface area (Å²) < 4.78 is 10.6. The Morgan fingerprint density at radius 3 is 2.68 bits per heavy atom. The number of rotatable bonds is 8. The van der Waals surface area contributed by atoms with Gasteiger partial charge in [-0.05, 0) is 44.5 Å². The number of nitrogens with one attached hydrogen (secondary N) is 1. The number of hydrogen-bond donors (Lipinski definition) is 1. The molecule has 1 aromatic carbocycles. The summed E-state index contributed by atoms with van der Waals surface area (Å²) in [5.74, 6) is 0.525. The molecule has 4 heteroatoms. The van der Waals surface area contributed by atoms with Crippen LogP contribution in [0.3, 0.4) is 0 Å². The third-order valence-corrected chi connectivity index (χ3v) is 2.62. The van der Waals surface area contributed by atoms with Crippen LogP contribution in [0.2, 0.25) is 0 Å². The van der Waals surface area contributed by atoms with Crippen molar-refractivity contribution < 1.29 is 14.3 Å². The third kappa shape index (κ3) is 4.91. The first-order valence-electron chi connectivity index (χ1n) is 6.85. The van der Waals surface area contributed by atoms with Gasteiger partial charge in [0.15, 0.2) is 0 Å². The van der Waals surface area contributed by atoms with E-state index in [1.54, 1.807) is 0 Å². The Labute approximate surface area is 115 Å². The van der Waals surface area contributed by atoms with Crippen LogP contribution < -0.4 is 10.1 Å². The molecule has 1 unspecified atom stereocenters. The van der Waals surface area contributed by atoms with E-state index in [0.717, 1.165) is 24.3 Å². The maximum absolute atomic E-state index is 12.0. The van der Waals surface area contributed by atoms with Crippen molar-refractivity contribution in [3.63, 3.8) is 0 Å². The van der Waals surface area contributed by atoms with Crippen LogP contribution in [0.15, 0.2) is 24.3 Å². The standard InChI is InChI=1S/C15H23NO3/c1-4-10-16-14(15(17)19-6-3)12-8-7-9-13(11-12)18-5-2/h7-9,11,14,16H,4-6,10H2,1-3H3. The Hall–Kier alpha value is -1.55. The Morgan fingerprint density at radius 1 is 1.26 bits per heavy atom. The molecule has 0 fully saturated rings. The van der Waals surface area contributed by atoms with E-state index in [1.807, 2.05) is 38.1 Å². The molecule has 106 valence electrons. The number of carbonyl (C=O) groups is 1. The van der Waals surface area contributed by atoms with Gasteiger partial charge < -0.3 is 14.8 Å². The molecule has 1 N–H and O–H groups in total. The van der Waals surface area contributed by atoms with E-state index in [4.69, 9.17) is 9.47 Å². The Morgan fingerprint density at radius 2 is 2.05 bits per heavy atom. The second-order valence-corrected chi connectivity index (χ2v) is 4.14. The SMILES string of the molecule is CCCNC(C(=O)OCC)c1cccc(OCC)c1. The van der Waals surface area contributed by atoms with Crippen LogP contribution in [0.4, 0.5) is 0 Å². The molecule has 0 saturated carbocycles. The maximum Gasteiger partial charge on any atom is 0.327 e. The van der Waals surface area contributed by atoms with E-state index in [1.165, 1.54) is 0 Å². The molecule has 0 bridgehead atoms. The van der Waals surface area contributed by atoms with Crippen LogP contribution in [-0.2, 0) is 9.53 Å². The fraction of sp³-hybridized carbons (Fsp3) is 0.533. The van der Waals surface area contributed by atoms with Gasteiger partial charge in [-0.3, -0.25) is 0 Å². The molecule has 1 atom stereocenters. The van der Waals surface area contributed by atoms with Gasteiger partial charge in [0, 0.05) is 0 Å². The van der Waals surface area contributed by atoms with Crippen molar-refractivity contribution in [3.05, 3.63) is 29.8 Å². The molecule has 1 rings (SSSR count). The predicted octanol–water partition coefficient (Wildman–Crippen LogP) is 2.69. The van der Waals surface area contributed by atoms with Gasteiger partial charge in [0.1, 0.15) is 11.8 Å². The zero-order chi connectivity index (χ0) is 14.1. The smallest absolute Gasteiger partial charge is 0.327 e. The first kappa shape index (κ1) is 15.5. The minimum Gasteiger partial charge on any atom is -0.494 e. The van der Waals surface area contributed by atoms with Crippen molar-refractivity contribution in [3.8, 4) is 5.75 Å². The van der Waals surface area contributed by atoms with Crippen molar-refractivity contribution in [2.24, 2.45) is 0 Å². The maximum atomic E-state index is 12.0. The lowest BCUT2D eigenvalue weighted by atomic mass is 10.1. The average Bonchev–Trinajstić information content (AvgIpc) is 2.40. The van der Waals surface area contributed by atoms with E-state index in [-0.39, 0.29) is 5.97 Å². The van der Waals surface area contributed by atoms with Crippen molar-refractivity contribution in [1.82, 2.24) is 5.32 Å². The van der Waals surface area contributed by atoms with Crippen molar-refractivity contribution in [2.75, 3.05) is 19.8 Å². The first-order chi connectivity index (χ1) is 9.22. The van der Waals surface area contributed by atoms with E-state index >= 15 is 0 Å². The number of esters is 1. The molecule has 0 amide bonds. The summed E-state index contributed by atoms with van der Waals surface area (Å²) in [6, 6.07) is 7.13. The van der Waals surface area contributed by atoms with Crippen LogP contribution in [0.5, 0.6) is 5.75 Å². The quantitative estimate of drug-likeness (QED) is 0.734. The van der Waals surface area contributed by atoms with Crippen LogP contribution in [-0.4, -0.2) is 25.7 Å². The zero-order valence-electron chi connectivity index (χ0n) is 11.9. The van der Waals surface area contributed by atoms with E-state index in [9.17, 15) is 4.79 Å². The normalized spacial score (nSPS) is 11.9. The Kier molecular flexibility index (Phi) is 6.97. The highest BCUT2D eigenvalue weighted by atomic mass is 16.5. The van der Waals surface area contributed by atoms with Gasteiger partial charge in [0.05, 0.1) is 13.2 Å². The molecule has 0 spiro atoms. The molecule has 0 saturated heterocycles. The number of ether oxygens (including phenoxy) is 2. The first-order valence-corrected chi connectivity index (χ1v) is 6.85. The molecule has 0 radical (unpaired) electrons. The molecule has 0 aliphatic carbocycles. The molecule has 0 aromatic heterocycles. The van der Waals surface area contributed by atoms with Gasteiger partial charge in [0.25, 0.3) is 0 Å². The highest BCUT2D eigenvalue weighted by molar-refractivity contribution is 5.77. The third-order valence-electron chi connectivity index (χ3n) is 2.62. The second-order valence-electron chi connectivity index (χ2n) is 4.14. The predicted molar refractivity (Wildman–Crippen MR) is 75.3 cm³/mol. The van der Waals surface area contributed by atoms with Gasteiger partial charge >= 0.3 is 5.97 Å². The van der Waals surface area contributed by atoms with Gasteiger partial charge in [0.2, 0.25) is 0 Å². The second kappa shape index (κ2) is 8.53. The van der Waals surface area contributed by atoms with Gasteiger partial charge in [-0.2, -0.15) is 0 Å². The summed E-state index contributed by atoms with van der Waals surface area (Å²) >= 11 is 0. The molecule has 1 aromatic rings. The average molecular weight is 265 g/mol. The van der Waals surface area contributed by atoms with Gasteiger partial charge in [-0.25, -0.2) is 4.79 Å². The minimum absolute atomic E-state index is 0.246. The van der Waals surface area contributed by atoms with Crippen molar-refractivity contribution in [1.29, 1.82) is 0 Å². The summed E-state index contributed by atoms with van der Waals surface area (Å²) in [6.45, 7) is 7.56. The fourth-order valence-corrected chi connectivity index (χ4v) is 1.80. The van der Waals surface area contributed by atoms with Crippen LogP contribution in [0.25, 0.3) is 0 Å². The Bertz CT molecular complexity index is 393. The van der Waals surface area contributed by atoms with Crippen LogP contribution in [0.1, 0.15) is 38.8 Å². The van der Waals surface area contributed by atoms with E-state index in [2.05, 4.69) is 12.2 Å². The summed E-state index contributed by atoms with van der Waals surface area (Å²) in [4.78, 5) is 12.0. The number of benzene rings is 1. The van der Waals surface area contributed by atoms with Crippen LogP contribution >= 0.6 is 0 Å². The summed E-state index contributed by atoms with van der Waals surface area (Å²) in [5, 5.41) is 3.21. The summed E-state index contributed by atoms with van der Waals surface area (Å²) in [7, 11) is 0.